The smallest absolute Gasteiger partial charge is 0.186 e. The van der Waals surface area contributed by atoms with Crippen molar-refractivity contribution in [1.29, 1.82) is 0 Å². The van der Waals surface area contributed by atoms with Crippen LogP contribution in [-0.4, -0.2) is 17.6 Å². The van der Waals surface area contributed by atoms with Gasteiger partial charge in [0, 0.05) is 28.9 Å². The molecule has 0 saturated carbocycles. The first-order valence-corrected chi connectivity index (χ1v) is 8.95. The summed E-state index contributed by atoms with van der Waals surface area (Å²) in [6.07, 6.45) is 0. The van der Waals surface area contributed by atoms with Gasteiger partial charge in [0.2, 0.25) is 0 Å². The van der Waals surface area contributed by atoms with Crippen LogP contribution in [0, 0.1) is 6.92 Å². The fourth-order valence-corrected chi connectivity index (χ4v) is 3.83. The number of nitrogens with zero attached hydrogens (tertiary/aromatic N) is 2. The fraction of sp³-hybridized carbons (Fsp3) is 0.562. The summed E-state index contributed by atoms with van der Waals surface area (Å²) in [6, 6.07) is 4.66. The highest BCUT2D eigenvalue weighted by molar-refractivity contribution is 7.15. The topological polar surface area (TPSA) is 28.2 Å². The second-order valence-electron chi connectivity index (χ2n) is 6.41. The number of nitrogens with one attached hydrogen (secondary N) is 1. The van der Waals surface area contributed by atoms with E-state index in [-0.39, 0.29) is 5.54 Å². The van der Waals surface area contributed by atoms with Gasteiger partial charge in [-0.15, -0.1) is 22.7 Å². The third-order valence-corrected chi connectivity index (χ3v) is 5.79. The van der Waals surface area contributed by atoms with Crippen LogP contribution in [0.2, 0.25) is 0 Å². The number of thiophene rings is 1. The normalized spacial score (nSPS) is 13.4. The quantitative estimate of drug-likeness (QED) is 0.871. The zero-order valence-corrected chi connectivity index (χ0v) is 15.4. The highest BCUT2D eigenvalue weighted by Crippen LogP contribution is 2.32. The van der Waals surface area contributed by atoms with Crippen molar-refractivity contribution >= 4 is 27.8 Å². The third kappa shape index (κ3) is 4.28. The minimum Gasteiger partial charge on any atom is -0.344 e. The van der Waals surface area contributed by atoms with E-state index in [4.69, 9.17) is 4.98 Å². The SMILES string of the molecule is Cc1nc(N(C)C(C)c2cccs2)sc1CNC(C)(C)C. The summed E-state index contributed by atoms with van der Waals surface area (Å²) < 4.78 is 0. The molecule has 2 heterocycles. The van der Waals surface area contributed by atoms with Crippen LogP contribution in [0.5, 0.6) is 0 Å². The van der Waals surface area contributed by atoms with Crippen LogP contribution in [0.25, 0.3) is 0 Å². The standard InChI is InChI=1S/C16H25N3S2/c1-11-14(10-17-16(3,4)5)21-15(18-11)19(6)12(2)13-8-7-9-20-13/h7-9,12,17H,10H2,1-6H3. The second-order valence-corrected chi connectivity index (χ2v) is 8.45. The molecule has 21 heavy (non-hydrogen) atoms. The molecule has 1 atom stereocenters. The molecule has 0 fully saturated rings. The molecular weight excluding hydrogens is 298 g/mol. The van der Waals surface area contributed by atoms with E-state index in [0.29, 0.717) is 6.04 Å². The van der Waals surface area contributed by atoms with Crippen LogP contribution < -0.4 is 10.2 Å². The van der Waals surface area contributed by atoms with Crippen molar-refractivity contribution in [1.82, 2.24) is 10.3 Å². The van der Waals surface area contributed by atoms with Gasteiger partial charge >= 0.3 is 0 Å². The molecule has 0 aliphatic rings. The van der Waals surface area contributed by atoms with Gasteiger partial charge in [-0.05, 0) is 46.1 Å². The lowest BCUT2D eigenvalue weighted by molar-refractivity contribution is 0.425. The molecule has 0 radical (unpaired) electrons. The largest absolute Gasteiger partial charge is 0.344 e. The summed E-state index contributed by atoms with van der Waals surface area (Å²) in [5, 5.41) is 6.77. The highest BCUT2D eigenvalue weighted by Gasteiger charge is 2.19. The van der Waals surface area contributed by atoms with Gasteiger partial charge in [0.05, 0.1) is 11.7 Å². The molecule has 0 aliphatic heterocycles. The van der Waals surface area contributed by atoms with E-state index in [1.165, 1.54) is 9.75 Å². The molecule has 0 spiro atoms. The van der Waals surface area contributed by atoms with Gasteiger partial charge in [-0.3, -0.25) is 0 Å². The first-order valence-electron chi connectivity index (χ1n) is 7.25. The molecule has 2 aromatic heterocycles. The number of hydrogen-bond acceptors (Lipinski definition) is 5. The van der Waals surface area contributed by atoms with Gasteiger partial charge in [0.15, 0.2) is 5.13 Å². The average Bonchev–Trinajstić information content (AvgIpc) is 3.03. The molecule has 116 valence electrons. The van der Waals surface area contributed by atoms with Crippen molar-refractivity contribution in [2.75, 3.05) is 11.9 Å². The molecule has 1 N–H and O–H groups in total. The van der Waals surface area contributed by atoms with Gasteiger partial charge < -0.3 is 10.2 Å². The maximum Gasteiger partial charge on any atom is 0.186 e. The van der Waals surface area contributed by atoms with E-state index in [1.54, 1.807) is 22.7 Å². The van der Waals surface area contributed by atoms with E-state index < -0.39 is 0 Å². The average molecular weight is 324 g/mol. The number of rotatable bonds is 5. The first kappa shape index (κ1) is 16.5. The Balaban J connectivity index is 2.10. The van der Waals surface area contributed by atoms with Crippen LogP contribution in [0.3, 0.4) is 0 Å². The summed E-state index contributed by atoms with van der Waals surface area (Å²) in [5.41, 5.74) is 1.27. The Kier molecular flexibility index (Phi) is 5.07. The number of hydrogen-bond donors (Lipinski definition) is 1. The molecule has 3 nitrogen and oxygen atoms in total. The molecule has 0 bridgehead atoms. The molecule has 0 aliphatic carbocycles. The zero-order valence-electron chi connectivity index (χ0n) is 13.7. The van der Waals surface area contributed by atoms with E-state index in [1.807, 2.05) is 0 Å². The van der Waals surface area contributed by atoms with Crippen molar-refractivity contribution < 1.29 is 0 Å². The minimum atomic E-state index is 0.132. The monoisotopic (exact) mass is 323 g/mol. The Bertz CT molecular complexity index is 567. The molecule has 1 unspecified atom stereocenters. The molecule has 0 aromatic carbocycles. The molecule has 2 aromatic rings. The maximum atomic E-state index is 4.75. The van der Waals surface area contributed by atoms with Gasteiger partial charge in [-0.25, -0.2) is 4.98 Å². The summed E-state index contributed by atoms with van der Waals surface area (Å²) in [6.45, 7) is 11.8. The minimum absolute atomic E-state index is 0.132. The molecule has 2 rings (SSSR count). The second kappa shape index (κ2) is 6.46. The maximum absolute atomic E-state index is 4.75. The van der Waals surface area contributed by atoms with Crippen LogP contribution in [0.1, 0.15) is 49.2 Å². The van der Waals surface area contributed by atoms with E-state index in [9.17, 15) is 0 Å². The predicted molar refractivity (Wildman–Crippen MR) is 94.6 cm³/mol. The van der Waals surface area contributed by atoms with Crippen molar-refractivity contribution in [3.05, 3.63) is 33.0 Å². The van der Waals surface area contributed by atoms with E-state index >= 15 is 0 Å². The molecular formula is C16H25N3S2. The summed E-state index contributed by atoms with van der Waals surface area (Å²) in [7, 11) is 2.13. The Morgan fingerprint density at radius 1 is 1.38 bits per heavy atom. The predicted octanol–water partition coefficient (Wildman–Crippen LogP) is 4.60. The number of aryl methyl sites for hydroxylation is 1. The molecule has 0 amide bonds. The summed E-state index contributed by atoms with van der Waals surface area (Å²) in [4.78, 5) is 9.72. The van der Waals surface area contributed by atoms with E-state index in [2.05, 4.69) is 69.4 Å². The van der Waals surface area contributed by atoms with Crippen LogP contribution in [0.4, 0.5) is 5.13 Å². The summed E-state index contributed by atoms with van der Waals surface area (Å²) >= 11 is 3.59. The number of aromatic nitrogens is 1. The zero-order chi connectivity index (χ0) is 15.6. The number of anilines is 1. The van der Waals surface area contributed by atoms with Crippen LogP contribution in [0.15, 0.2) is 17.5 Å². The van der Waals surface area contributed by atoms with Gasteiger partial charge in [0.1, 0.15) is 0 Å². The molecule has 5 heteroatoms. The van der Waals surface area contributed by atoms with Crippen LogP contribution in [-0.2, 0) is 6.54 Å². The van der Waals surface area contributed by atoms with Crippen molar-refractivity contribution in [3.8, 4) is 0 Å². The lowest BCUT2D eigenvalue weighted by Crippen LogP contribution is -2.34. The Morgan fingerprint density at radius 3 is 2.67 bits per heavy atom. The Morgan fingerprint density at radius 2 is 2.10 bits per heavy atom. The fourth-order valence-electron chi connectivity index (χ4n) is 1.96. The van der Waals surface area contributed by atoms with Crippen molar-refractivity contribution in [2.24, 2.45) is 0 Å². The van der Waals surface area contributed by atoms with Crippen molar-refractivity contribution in [2.45, 2.75) is 52.7 Å². The third-order valence-electron chi connectivity index (χ3n) is 3.50. The van der Waals surface area contributed by atoms with Crippen molar-refractivity contribution in [3.63, 3.8) is 0 Å². The van der Waals surface area contributed by atoms with E-state index in [0.717, 1.165) is 17.4 Å². The Labute approximate surface area is 136 Å². The van der Waals surface area contributed by atoms with Crippen LogP contribution >= 0.6 is 22.7 Å². The van der Waals surface area contributed by atoms with Gasteiger partial charge in [0.25, 0.3) is 0 Å². The van der Waals surface area contributed by atoms with Gasteiger partial charge in [-0.1, -0.05) is 6.07 Å². The highest BCUT2D eigenvalue weighted by atomic mass is 32.1. The Hall–Kier alpha value is -0.910. The molecule has 0 saturated heterocycles. The lowest BCUT2D eigenvalue weighted by Gasteiger charge is -2.23. The number of thiazole rings is 1. The lowest BCUT2D eigenvalue weighted by atomic mass is 10.1. The van der Waals surface area contributed by atoms with Gasteiger partial charge in [-0.2, -0.15) is 0 Å². The first-order chi connectivity index (χ1) is 9.78. The summed E-state index contributed by atoms with van der Waals surface area (Å²) in [5.74, 6) is 0.